The number of nitrogens with one attached hydrogen (secondary N) is 2. The highest BCUT2D eigenvalue weighted by Crippen LogP contribution is 2.49. The number of rotatable bonds is 8. The number of aryl methyl sites for hydroxylation is 2. The molecule has 68 heavy (non-hydrogen) atoms. The molecule has 0 aliphatic heterocycles. The molecule has 0 spiro atoms. The van der Waals surface area contributed by atoms with Crippen LogP contribution in [0.2, 0.25) is 0 Å². The molecule has 8 aromatic rings. The first-order chi connectivity index (χ1) is 32.2. The van der Waals surface area contributed by atoms with Crippen molar-refractivity contribution in [3.05, 3.63) is 108 Å². The quantitative estimate of drug-likeness (QED) is 0.0866. The van der Waals surface area contributed by atoms with Crippen LogP contribution < -0.4 is 33.6 Å². The Morgan fingerprint density at radius 2 is 0.956 bits per heavy atom. The minimum Gasteiger partial charge on any atom is -0.383 e. The Hall–Kier alpha value is -8.44. The molecule has 8 heterocycles. The summed E-state index contributed by atoms with van der Waals surface area (Å²) in [6.45, 7) is 0. The third-order valence-corrected chi connectivity index (χ3v) is 11.6. The summed E-state index contributed by atoms with van der Waals surface area (Å²) >= 11 is 0. The van der Waals surface area contributed by atoms with Gasteiger partial charge in [-0.05, 0) is 83.0 Å². The number of anilines is 6. The summed E-state index contributed by atoms with van der Waals surface area (Å²) < 4.78 is 82.8. The van der Waals surface area contributed by atoms with E-state index in [1.807, 2.05) is 26.5 Å². The van der Waals surface area contributed by atoms with Gasteiger partial charge in [0, 0.05) is 85.0 Å². The highest BCUT2D eigenvalue weighted by Gasteiger charge is 2.46. The highest BCUT2D eigenvalue weighted by molar-refractivity contribution is 6.00. The number of nitrogen functional groups attached to an aromatic ring is 4. The summed E-state index contributed by atoms with van der Waals surface area (Å²) in [5.74, 6) is -0.932. The van der Waals surface area contributed by atoms with Crippen LogP contribution in [0.15, 0.2) is 86.0 Å². The van der Waals surface area contributed by atoms with Gasteiger partial charge in [0.2, 0.25) is 11.8 Å². The summed E-state index contributed by atoms with van der Waals surface area (Å²) in [5, 5.41) is 16.0. The Labute approximate surface area is 380 Å². The van der Waals surface area contributed by atoms with Crippen molar-refractivity contribution >= 4 is 68.3 Å². The maximum atomic E-state index is 13.2. The lowest BCUT2D eigenvalue weighted by atomic mass is 10.1. The molecule has 0 saturated heterocycles. The Balaban J connectivity index is 0.000000170. The van der Waals surface area contributed by atoms with Gasteiger partial charge in [0.15, 0.2) is 0 Å². The van der Waals surface area contributed by atoms with Gasteiger partial charge in [-0.25, -0.2) is 29.9 Å². The number of aromatic nitrogens is 10. The van der Waals surface area contributed by atoms with Crippen LogP contribution in [0.1, 0.15) is 46.9 Å². The minimum absolute atomic E-state index is 0.0853. The maximum Gasteiger partial charge on any atom is 0.419 e. The van der Waals surface area contributed by atoms with Gasteiger partial charge in [0.25, 0.3) is 0 Å². The van der Waals surface area contributed by atoms with Crippen molar-refractivity contribution in [1.82, 2.24) is 49.5 Å². The third kappa shape index (κ3) is 9.19. The average molecular weight is 937 g/mol. The van der Waals surface area contributed by atoms with Crippen molar-refractivity contribution in [2.24, 2.45) is 25.9 Å². The van der Waals surface area contributed by atoms with E-state index < -0.39 is 35.1 Å². The molecule has 10 rings (SSSR count). The fourth-order valence-corrected chi connectivity index (χ4v) is 7.87. The molecule has 0 bridgehead atoms. The van der Waals surface area contributed by atoms with Gasteiger partial charge < -0.3 is 33.6 Å². The minimum atomic E-state index is -4.66. The highest BCUT2D eigenvalue weighted by atomic mass is 19.4. The molecule has 2 amide bonds. The van der Waals surface area contributed by atoms with E-state index in [0.717, 1.165) is 36.1 Å². The van der Waals surface area contributed by atoms with Crippen molar-refractivity contribution < 1.29 is 35.9 Å². The number of halogens is 6. The lowest BCUT2D eigenvalue weighted by Crippen LogP contribution is -2.15. The molecule has 2 aliphatic carbocycles. The Bertz CT molecular complexity index is 3080. The summed E-state index contributed by atoms with van der Waals surface area (Å²) in [6.07, 6.45) is 4.73. The van der Waals surface area contributed by atoms with Crippen LogP contribution in [0.4, 0.5) is 61.2 Å². The number of carbonyl (C=O) groups excluding carboxylic acids is 2. The van der Waals surface area contributed by atoms with E-state index in [1.54, 1.807) is 46.0 Å². The zero-order chi connectivity index (χ0) is 48.4. The normalized spacial score (nSPS) is 17.6. The predicted octanol–water partition coefficient (Wildman–Crippen LogP) is 6.70. The van der Waals surface area contributed by atoms with Gasteiger partial charge in [-0.3, -0.25) is 19.0 Å². The summed E-state index contributed by atoms with van der Waals surface area (Å²) in [5.41, 5.74) is 23.3. The van der Waals surface area contributed by atoms with Crippen LogP contribution in [0.3, 0.4) is 0 Å². The van der Waals surface area contributed by atoms with Gasteiger partial charge >= 0.3 is 12.4 Å². The van der Waals surface area contributed by atoms with Gasteiger partial charge in [-0.1, -0.05) is 0 Å². The van der Waals surface area contributed by atoms with Gasteiger partial charge in [0.05, 0.1) is 34.9 Å². The monoisotopic (exact) mass is 936 g/mol. The molecule has 18 nitrogen and oxygen atoms in total. The number of alkyl halides is 6. The molecule has 10 N–H and O–H groups in total. The number of amides is 2. The number of hydrogen-bond donors (Lipinski definition) is 6. The molecule has 2 aliphatic rings. The number of fused-ring (bicyclic) bond motifs is 2. The summed E-state index contributed by atoms with van der Waals surface area (Å²) in [7, 11) is 3.64. The van der Waals surface area contributed by atoms with Crippen LogP contribution in [-0.4, -0.2) is 61.3 Å². The van der Waals surface area contributed by atoms with Crippen LogP contribution in [0.5, 0.6) is 0 Å². The second kappa shape index (κ2) is 16.8. The number of nitrogens with zero attached hydrogens (tertiary/aromatic N) is 10. The molecule has 24 heteroatoms. The number of carbonyl (C=O) groups is 2. The Kier molecular flexibility index (Phi) is 11.0. The van der Waals surface area contributed by atoms with Crippen molar-refractivity contribution in [2.45, 2.75) is 37.0 Å². The number of nitrogens with two attached hydrogens (primary N) is 4. The molecule has 0 aromatic carbocycles. The van der Waals surface area contributed by atoms with E-state index >= 15 is 0 Å². The zero-order valence-electron chi connectivity index (χ0n) is 35.7. The molecule has 348 valence electrons. The number of pyridine rings is 6. The molecule has 8 aromatic heterocycles. The molecular weight excluding hydrogens is 899 g/mol. The smallest absolute Gasteiger partial charge is 0.383 e. The predicted molar refractivity (Wildman–Crippen MR) is 239 cm³/mol. The molecule has 2 fully saturated rings. The fraction of sp³-hybridized carbons (Fsp3) is 0.227. The van der Waals surface area contributed by atoms with Crippen LogP contribution >= 0.6 is 0 Å². The van der Waals surface area contributed by atoms with E-state index in [2.05, 4.69) is 50.7 Å². The summed E-state index contributed by atoms with van der Waals surface area (Å²) in [6, 6.07) is 8.09. The first-order valence-electron chi connectivity index (χ1n) is 20.6. The van der Waals surface area contributed by atoms with Crippen molar-refractivity contribution in [2.75, 3.05) is 33.6 Å². The zero-order valence-corrected chi connectivity index (χ0v) is 35.7. The van der Waals surface area contributed by atoms with Crippen LogP contribution in [-0.2, 0) is 36.0 Å². The van der Waals surface area contributed by atoms with E-state index in [-0.39, 0.29) is 69.6 Å². The lowest BCUT2D eigenvalue weighted by molar-refractivity contribution is -0.137. The molecule has 4 atom stereocenters. The van der Waals surface area contributed by atoms with E-state index in [9.17, 15) is 35.9 Å². The Morgan fingerprint density at radius 3 is 1.31 bits per heavy atom. The lowest BCUT2D eigenvalue weighted by Gasteiger charge is -2.12. The molecule has 0 radical (unpaired) electrons. The van der Waals surface area contributed by atoms with E-state index in [1.165, 1.54) is 24.8 Å². The second-order valence-electron chi connectivity index (χ2n) is 16.4. The largest absolute Gasteiger partial charge is 0.419 e. The van der Waals surface area contributed by atoms with Crippen LogP contribution in [0.25, 0.3) is 44.1 Å². The van der Waals surface area contributed by atoms with Gasteiger partial charge in [0.1, 0.15) is 34.9 Å². The van der Waals surface area contributed by atoms with E-state index in [0.29, 0.717) is 33.2 Å². The second-order valence-corrected chi connectivity index (χ2v) is 16.4. The summed E-state index contributed by atoms with van der Waals surface area (Å²) in [4.78, 5) is 49.5. The fourth-order valence-electron chi connectivity index (χ4n) is 7.87. The van der Waals surface area contributed by atoms with Crippen LogP contribution in [0, 0.1) is 11.8 Å². The van der Waals surface area contributed by atoms with Crippen molar-refractivity contribution in [3.8, 4) is 22.5 Å². The Morgan fingerprint density at radius 1 is 0.559 bits per heavy atom. The SMILES string of the molecule is Cn1cc([C@@H]2C[C@H]2C(=O)Nc2cc3cc(-c4cnc(N)c(C(F)(F)F)c4)nc(N)c3cn2)cn1.Cn1cc([C@H]2C[C@@H]2C(=O)Nc2cc3cc(-c4cnc(N)c(C(F)(F)F)c4)nc(N)c3cn2)cn1. The van der Waals surface area contributed by atoms with Gasteiger partial charge in [-0.15, -0.1) is 0 Å². The first kappa shape index (κ1) is 44.7. The molecule has 0 unspecified atom stereocenters. The topological polar surface area (TPSA) is 275 Å². The van der Waals surface area contributed by atoms with Crippen molar-refractivity contribution in [1.29, 1.82) is 0 Å². The van der Waals surface area contributed by atoms with Gasteiger partial charge in [-0.2, -0.15) is 36.5 Å². The first-order valence-corrected chi connectivity index (χ1v) is 20.6. The number of hydrogen-bond acceptors (Lipinski definition) is 14. The molecule has 2 saturated carbocycles. The molecular formula is C44H38F6N16O2. The third-order valence-electron chi connectivity index (χ3n) is 11.6. The van der Waals surface area contributed by atoms with Crippen molar-refractivity contribution in [3.63, 3.8) is 0 Å². The maximum absolute atomic E-state index is 13.2. The van der Waals surface area contributed by atoms with E-state index in [4.69, 9.17) is 22.9 Å². The average Bonchev–Trinajstić information content (AvgIpc) is 4.18. The standard InChI is InChI=1S/2C22H19F3N8O/c2*1-33-9-12(7-30-33)13-5-14(13)21(34)32-18-4-10-3-17(31-19(26)15(10)8-28-18)11-2-16(22(23,24)25)20(27)29-6-11/h2*2-4,6-9,13-14H,5H2,1H3,(H2,26,31)(H2,27,29)(H,28,32,34)/t2*13-,14+/m10/s1.